The maximum absolute atomic E-state index is 12.0. The Hall–Kier alpha value is -4.18. The van der Waals surface area contributed by atoms with Crippen molar-refractivity contribution in [1.82, 2.24) is 19.4 Å². The molecule has 0 aliphatic carbocycles. The number of nitrogens with zero attached hydrogens (tertiary/aromatic N) is 6. The van der Waals surface area contributed by atoms with Crippen LogP contribution in [-0.4, -0.2) is 65.2 Å². The molecule has 2 aromatic carbocycles. The number of hydrogen-bond acceptors (Lipinski definition) is 8. The lowest BCUT2D eigenvalue weighted by Gasteiger charge is -2.23. The molecule has 2 heterocycles. The van der Waals surface area contributed by atoms with Crippen molar-refractivity contribution in [3.05, 3.63) is 65.0 Å². The molecule has 188 valence electrons. The van der Waals surface area contributed by atoms with Gasteiger partial charge < -0.3 is 24.4 Å². The maximum atomic E-state index is 12.0. The molecular formula is C26H31N7O3. The highest BCUT2D eigenvalue weighted by Gasteiger charge is 2.22. The van der Waals surface area contributed by atoms with Crippen molar-refractivity contribution in [3.8, 4) is 17.0 Å². The molecule has 4 aromatic rings. The number of nitrogens with one attached hydrogen (secondary N) is 1. The minimum atomic E-state index is -0.382. The molecule has 10 heteroatoms. The summed E-state index contributed by atoms with van der Waals surface area (Å²) < 4.78 is 7.64. The number of rotatable bonds is 10. The molecule has 1 N–H and O–H groups in total. The standard InChI is InChI=1S/C26H31N7O3/c1-6-30(2)13-14-31(3)23-16-25(36-5)21(15-24(23)33(34)35)29-26-27-12-11-20(28-26)19-17-32(4)22-10-8-7-9-18(19)22/h7-12,15-17H,6,13-14H2,1-5H3,(H,27,28,29). The number of aryl methyl sites for hydroxylation is 1. The second kappa shape index (κ2) is 10.6. The molecule has 0 aliphatic rings. The molecule has 2 aromatic heterocycles. The molecule has 0 spiro atoms. The van der Waals surface area contributed by atoms with Gasteiger partial charge in [0.05, 0.1) is 23.4 Å². The highest BCUT2D eigenvalue weighted by atomic mass is 16.6. The van der Waals surface area contributed by atoms with E-state index in [-0.39, 0.29) is 10.6 Å². The molecule has 36 heavy (non-hydrogen) atoms. The van der Waals surface area contributed by atoms with Crippen LogP contribution in [0.25, 0.3) is 22.2 Å². The number of anilines is 3. The number of nitro benzene ring substituents is 1. The van der Waals surface area contributed by atoms with Gasteiger partial charge in [0.25, 0.3) is 5.69 Å². The van der Waals surface area contributed by atoms with Crippen LogP contribution < -0.4 is 15.0 Å². The predicted molar refractivity (Wildman–Crippen MR) is 143 cm³/mol. The normalized spacial score (nSPS) is 11.2. The quantitative estimate of drug-likeness (QED) is 0.253. The number of benzene rings is 2. The van der Waals surface area contributed by atoms with Gasteiger partial charge >= 0.3 is 0 Å². The predicted octanol–water partition coefficient (Wildman–Crippen LogP) is 4.68. The fourth-order valence-corrected chi connectivity index (χ4v) is 4.11. The molecule has 0 radical (unpaired) electrons. The van der Waals surface area contributed by atoms with Crippen molar-refractivity contribution >= 4 is 33.9 Å². The molecule has 0 saturated carbocycles. The van der Waals surface area contributed by atoms with Crippen LogP contribution in [0.4, 0.5) is 23.0 Å². The first-order chi connectivity index (χ1) is 17.3. The van der Waals surface area contributed by atoms with Crippen LogP contribution in [0.5, 0.6) is 5.75 Å². The Morgan fingerprint density at radius 1 is 1.17 bits per heavy atom. The van der Waals surface area contributed by atoms with Crippen LogP contribution in [0.3, 0.4) is 0 Å². The van der Waals surface area contributed by atoms with Crippen molar-refractivity contribution < 1.29 is 9.66 Å². The molecule has 0 amide bonds. The van der Waals surface area contributed by atoms with Crippen LogP contribution in [0.15, 0.2) is 54.9 Å². The summed E-state index contributed by atoms with van der Waals surface area (Å²) in [5.41, 5.74) is 3.70. The van der Waals surface area contributed by atoms with E-state index in [2.05, 4.69) is 38.8 Å². The van der Waals surface area contributed by atoms with Crippen molar-refractivity contribution in [1.29, 1.82) is 0 Å². The summed E-state index contributed by atoms with van der Waals surface area (Å²) in [7, 11) is 7.39. The third-order valence-electron chi connectivity index (χ3n) is 6.34. The third kappa shape index (κ3) is 5.08. The van der Waals surface area contributed by atoms with E-state index in [0.717, 1.165) is 35.2 Å². The van der Waals surface area contributed by atoms with Crippen LogP contribution in [0.2, 0.25) is 0 Å². The third-order valence-corrected chi connectivity index (χ3v) is 6.34. The second-order valence-electron chi connectivity index (χ2n) is 8.68. The summed E-state index contributed by atoms with van der Waals surface area (Å²) in [5.74, 6) is 0.782. The van der Waals surface area contributed by atoms with Gasteiger partial charge in [-0.1, -0.05) is 25.1 Å². The van der Waals surface area contributed by atoms with Gasteiger partial charge in [0.15, 0.2) is 0 Å². The van der Waals surface area contributed by atoms with Gasteiger partial charge in [-0.15, -0.1) is 0 Å². The highest BCUT2D eigenvalue weighted by molar-refractivity contribution is 5.95. The van der Waals surface area contributed by atoms with E-state index in [0.29, 0.717) is 29.6 Å². The van der Waals surface area contributed by atoms with E-state index < -0.39 is 0 Å². The lowest BCUT2D eigenvalue weighted by Crippen LogP contribution is -2.31. The smallest absolute Gasteiger partial charge is 0.294 e. The fraction of sp³-hybridized carbons (Fsp3) is 0.308. The van der Waals surface area contributed by atoms with E-state index in [1.165, 1.54) is 13.2 Å². The summed E-state index contributed by atoms with van der Waals surface area (Å²) in [5, 5.41) is 16.2. The van der Waals surface area contributed by atoms with Crippen molar-refractivity contribution in [2.45, 2.75) is 6.92 Å². The Bertz CT molecular complexity index is 1390. The number of hydrogen-bond donors (Lipinski definition) is 1. The molecule has 4 rings (SSSR count). The summed E-state index contributed by atoms with van der Waals surface area (Å²) in [6.45, 7) is 4.39. The zero-order valence-electron chi connectivity index (χ0n) is 21.2. The summed E-state index contributed by atoms with van der Waals surface area (Å²) in [4.78, 5) is 24.6. The van der Waals surface area contributed by atoms with Gasteiger partial charge in [-0.2, -0.15) is 0 Å². The second-order valence-corrected chi connectivity index (χ2v) is 8.68. The minimum absolute atomic E-state index is 0.0230. The zero-order chi connectivity index (χ0) is 25.8. The van der Waals surface area contributed by atoms with Gasteiger partial charge in [0.2, 0.25) is 5.95 Å². The SMILES string of the molecule is CCN(C)CCN(C)c1cc(OC)c(Nc2nccc(-c3cn(C)c4ccccc34)n2)cc1[N+](=O)[O-]. The van der Waals surface area contributed by atoms with Crippen LogP contribution in [0.1, 0.15) is 6.92 Å². The number of aromatic nitrogens is 3. The molecule has 0 fully saturated rings. The van der Waals surface area contributed by atoms with Crippen LogP contribution >= 0.6 is 0 Å². The lowest BCUT2D eigenvalue weighted by atomic mass is 10.1. The summed E-state index contributed by atoms with van der Waals surface area (Å²) >= 11 is 0. The fourth-order valence-electron chi connectivity index (χ4n) is 4.11. The molecule has 10 nitrogen and oxygen atoms in total. The number of likely N-dealkylation sites (N-methyl/N-ethyl adjacent to an activating group) is 2. The van der Waals surface area contributed by atoms with Gasteiger partial charge in [0, 0.05) is 68.2 Å². The van der Waals surface area contributed by atoms with E-state index in [9.17, 15) is 10.1 Å². The first-order valence-corrected chi connectivity index (χ1v) is 11.7. The molecule has 0 bridgehead atoms. The average Bonchev–Trinajstić information content (AvgIpc) is 3.23. The Labute approximate surface area is 210 Å². The number of nitro groups is 1. The van der Waals surface area contributed by atoms with E-state index >= 15 is 0 Å². The van der Waals surface area contributed by atoms with E-state index in [4.69, 9.17) is 9.72 Å². The zero-order valence-corrected chi connectivity index (χ0v) is 21.2. The largest absolute Gasteiger partial charge is 0.494 e. The monoisotopic (exact) mass is 489 g/mol. The first-order valence-electron chi connectivity index (χ1n) is 11.7. The van der Waals surface area contributed by atoms with Crippen LogP contribution in [-0.2, 0) is 7.05 Å². The summed E-state index contributed by atoms with van der Waals surface area (Å²) in [6.07, 6.45) is 3.70. The summed E-state index contributed by atoms with van der Waals surface area (Å²) in [6, 6.07) is 13.1. The maximum Gasteiger partial charge on any atom is 0.294 e. The molecule has 0 unspecified atom stereocenters. The van der Waals surface area contributed by atoms with Gasteiger partial charge in [-0.25, -0.2) is 9.97 Å². The lowest BCUT2D eigenvalue weighted by molar-refractivity contribution is -0.384. The number of ether oxygens (including phenoxy) is 1. The Kier molecular flexibility index (Phi) is 7.35. The molecular weight excluding hydrogens is 458 g/mol. The highest BCUT2D eigenvalue weighted by Crippen LogP contribution is 2.39. The van der Waals surface area contributed by atoms with Crippen molar-refractivity contribution in [3.63, 3.8) is 0 Å². The topological polar surface area (TPSA) is 102 Å². The average molecular weight is 490 g/mol. The van der Waals surface area contributed by atoms with Crippen molar-refractivity contribution in [2.24, 2.45) is 7.05 Å². The van der Waals surface area contributed by atoms with Crippen molar-refractivity contribution in [2.75, 3.05) is 51.1 Å². The Balaban J connectivity index is 1.67. The number of para-hydroxylation sites is 1. The van der Waals surface area contributed by atoms with E-state index in [1.54, 1.807) is 12.3 Å². The molecule has 0 atom stereocenters. The van der Waals surface area contributed by atoms with E-state index in [1.807, 2.05) is 50.4 Å². The first kappa shape index (κ1) is 24.9. The number of fused-ring (bicyclic) bond motifs is 1. The van der Waals surface area contributed by atoms with Gasteiger partial charge in [-0.3, -0.25) is 10.1 Å². The minimum Gasteiger partial charge on any atom is -0.494 e. The molecule has 0 aliphatic heterocycles. The Morgan fingerprint density at radius 3 is 2.67 bits per heavy atom. The molecule has 0 saturated heterocycles. The van der Waals surface area contributed by atoms with Crippen LogP contribution in [0, 0.1) is 10.1 Å². The number of methoxy groups -OCH3 is 1. The van der Waals surface area contributed by atoms with Gasteiger partial charge in [0.1, 0.15) is 11.4 Å². The Morgan fingerprint density at radius 2 is 1.94 bits per heavy atom. The van der Waals surface area contributed by atoms with Gasteiger partial charge in [-0.05, 0) is 25.7 Å².